The highest BCUT2D eigenvalue weighted by molar-refractivity contribution is 7.19. The van der Waals surface area contributed by atoms with E-state index < -0.39 is 0 Å². The maximum absolute atomic E-state index is 11.2. The molecule has 0 bridgehead atoms. The molecule has 0 fully saturated rings. The van der Waals surface area contributed by atoms with Crippen molar-refractivity contribution in [1.29, 1.82) is 5.26 Å². The lowest BCUT2D eigenvalue weighted by atomic mass is 10.2. The van der Waals surface area contributed by atoms with Gasteiger partial charge in [0.1, 0.15) is 11.8 Å². The summed E-state index contributed by atoms with van der Waals surface area (Å²) in [5, 5.41) is 23.1. The highest BCUT2D eigenvalue weighted by Gasteiger charge is 2.04. The predicted octanol–water partition coefficient (Wildman–Crippen LogP) is 1.67. The highest BCUT2D eigenvalue weighted by atomic mass is 32.1. The number of phenols is 1. The van der Waals surface area contributed by atoms with Crippen LogP contribution in [0.3, 0.4) is 0 Å². The first-order valence-corrected chi connectivity index (χ1v) is 7.80. The highest BCUT2D eigenvalue weighted by Crippen LogP contribution is 2.24. The molecular weight excluding hydrogens is 342 g/mol. The number of anilines is 1. The summed E-state index contributed by atoms with van der Waals surface area (Å²) < 4.78 is 0.839. The molecule has 25 heavy (non-hydrogen) atoms. The second kappa shape index (κ2) is 6.46. The van der Waals surface area contributed by atoms with Gasteiger partial charge in [-0.2, -0.15) is 5.26 Å². The largest absolute Gasteiger partial charge is 0.508 e. The van der Waals surface area contributed by atoms with Crippen molar-refractivity contribution in [3.05, 3.63) is 62.1 Å². The molecule has 0 saturated heterocycles. The Labute approximate surface area is 143 Å². The number of nitriles is 1. The second-order valence-electron chi connectivity index (χ2n) is 4.96. The Morgan fingerprint density at radius 2 is 1.92 bits per heavy atom. The van der Waals surface area contributed by atoms with Gasteiger partial charge in [0.2, 0.25) is 0 Å². The molecule has 0 aliphatic carbocycles. The van der Waals surface area contributed by atoms with Crippen LogP contribution in [-0.2, 0) is 0 Å². The predicted molar refractivity (Wildman–Crippen MR) is 95.6 cm³/mol. The minimum Gasteiger partial charge on any atom is -0.508 e. The van der Waals surface area contributed by atoms with Gasteiger partial charge in [0.05, 0.1) is 21.0 Å². The normalized spacial score (nSPS) is 10.2. The van der Waals surface area contributed by atoms with Crippen molar-refractivity contribution in [2.24, 2.45) is 0 Å². The molecule has 2 aromatic heterocycles. The average Bonchev–Trinajstić information content (AvgIpc) is 3.01. The Bertz CT molecular complexity index is 1230. The fourth-order valence-electron chi connectivity index (χ4n) is 2.22. The van der Waals surface area contributed by atoms with Gasteiger partial charge in [-0.1, -0.05) is 6.07 Å². The topological polar surface area (TPSA) is 149 Å². The van der Waals surface area contributed by atoms with Crippen LogP contribution in [0.2, 0.25) is 0 Å². The molecule has 0 unspecified atom stereocenters. The van der Waals surface area contributed by atoms with Gasteiger partial charge in [0, 0.05) is 5.69 Å². The Morgan fingerprint density at radius 1 is 1.16 bits per heavy atom. The molecule has 124 valence electrons. The standard InChI is InChI=1S/C8H7N3O2.C8H4N2OS/c9-5-3-1-2-4-6(5)8(13)11-10-7(4)12;9-4-8-10-6-2-1-5(11)3-7(6)12-8/h1-3H,9H2,(H,10,12)(H,11,13);1-3,11H. The SMILES string of the molecule is N#Cc1nc2ccc(O)cc2s1.Nc1cccc2c(=O)[nH][nH]c(=O)c12. The monoisotopic (exact) mass is 353 g/mol. The smallest absolute Gasteiger partial charge is 0.272 e. The van der Waals surface area contributed by atoms with Crippen molar-refractivity contribution in [1.82, 2.24) is 15.2 Å². The Balaban J connectivity index is 0.000000146. The van der Waals surface area contributed by atoms with Gasteiger partial charge < -0.3 is 10.8 Å². The summed E-state index contributed by atoms with van der Waals surface area (Å²) >= 11 is 1.28. The van der Waals surface area contributed by atoms with Crippen LogP contribution in [0.25, 0.3) is 21.0 Å². The number of nitrogens with zero attached hydrogens (tertiary/aromatic N) is 2. The number of H-pyrrole nitrogens is 2. The van der Waals surface area contributed by atoms with Gasteiger partial charge in [-0.05, 0) is 30.3 Å². The molecule has 0 spiro atoms. The van der Waals surface area contributed by atoms with E-state index in [9.17, 15) is 9.59 Å². The van der Waals surface area contributed by atoms with Crippen molar-refractivity contribution >= 4 is 38.0 Å². The maximum atomic E-state index is 11.2. The number of hydrogen-bond donors (Lipinski definition) is 4. The number of nitrogens with one attached hydrogen (secondary N) is 2. The molecular formula is C16H11N5O3S. The van der Waals surface area contributed by atoms with Crippen LogP contribution in [0.4, 0.5) is 5.69 Å². The number of fused-ring (bicyclic) bond motifs is 2. The van der Waals surface area contributed by atoms with Gasteiger partial charge in [0.15, 0.2) is 5.01 Å². The molecule has 0 atom stereocenters. The number of hydrogen-bond acceptors (Lipinski definition) is 7. The second-order valence-corrected chi connectivity index (χ2v) is 5.99. The quantitative estimate of drug-likeness (QED) is 0.353. The fraction of sp³-hybridized carbons (Fsp3) is 0. The Hall–Kier alpha value is -3.64. The third kappa shape index (κ3) is 3.19. The van der Waals surface area contributed by atoms with E-state index in [1.54, 1.807) is 36.4 Å². The van der Waals surface area contributed by atoms with Gasteiger partial charge >= 0.3 is 0 Å². The first-order valence-electron chi connectivity index (χ1n) is 6.98. The fourth-order valence-corrected chi connectivity index (χ4v) is 3.01. The lowest BCUT2D eigenvalue weighted by Gasteiger charge is -1.97. The maximum Gasteiger partial charge on any atom is 0.272 e. The van der Waals surface area contributed by atoms with E-state index in [-0.39, 0.29) is 22.3 Å². The van der Waals surface area contributed by atoms with Gasteiger partial charge in [-0.15, -0.1) is 11.3 Å². The van der Waals surface area contributed by atoms with Crippen LogP contribution in [-0.4, -0.2) is 20.3 Å². The molecule has 2 aromatic carbocycles. The average molecular weight is 353 g/mol. The molecule has 0 saturated carbocycles. The number of aromatic amines is 2. The summed E-state index contributed by atoms with van der Waals surface area (Å²) in [5.41, 5.74) is 5.89. The first-order chi connectivity index (χ1) is 12.0. The number of rotatable bonds is 0. The zero-order valence-corrected chi connectivity index (χ0v) is 13.4. The van der Waals surface area contributed by atoms with E-state index in [1.165, 1.54) is 11.3 Å². The molecule has 0 aliphatic heterocycles. The van der Waals surface area contributed by atoms with Crippen LogP contribution in [0.15, 0.2) is 46.0 Å². The Morgan fingerprint density at radius 3 is 2.64 bits per heavy atom. The van der Waals surface area contributed by atoms with E-state index in [0.717, 1.165) is 10.2 Å². The molecule has 0 radical (unpaired) electrons. The van der Waals surface area contributed by atoms with Crippen molar-refractivity contribution < 1.29 is 5.11 Å². The Kier molecular flexibility index (Phi) is 4.20. The van der Waals surface area contributed by atoms with Crippen LogP contribution >= 0.6 is 11.3 Å². The lowest BCUT2D eigenvalue weighted by Crippen LogP contribution is -2.19. The number of nitrogen functional groups attached to an aromatic ring is 1. The minimum atomic E-state index is -0.382. The number of aromatic hydroxyl groups is 1. The first kappa shape index (κ1) is 16.2. The summed E-state index contributed by atoms with van der Waals surface area (Å²) in [6, 6.07) is 11.6. The molecule has 4 aromatic rings. The summed E-state index contributed by atoms with van der Waals surface area (Å²) in [6.07, 6.45) is 0. The molecule has 8 nitrogen and oxygen atoms in total. The number of phenolic OH excluding ortho intramolecular Hbond substituents is 1. The van der Waals surface area contributed by atoms with Gasteiger partial charge in [0.25, 0.3) is 11.1 Å². The third-order valence-corrected chi connectivity index (χ3v) is 4.25. The van der Waals surface area contributed by atoms with Crippen molar-refractivity contribution in [2.45, 2.75) is 0 Å². The summed E-state index contributed by atoms with van der Waals surface area (Å²) in [7, 11) is 0. The zero-order chi connectivity index (χ0) is 18.0. The summed E-state index contributed by atoms with van der Waals surface area (Å²) in [6.45, 7) is 0. The van der Waals surface area contributed by atoms with E-state index in [1.807, 2.05) is 6.07 Å². The number of aromatic nitrogens is 3. The van der Waals surface area contributed by atoms with Crippen LogP contribution in [0, 0.1) is 11.3 Å². The number of benzene rings is 2. The van der Waals surface area contributed by atoms with Crippen molar-refractivity contribution in [2.75, 3.05) is 5.73 Å². The van der Waals surface area contributed by atoms with E-state index in [2.05, 4.69) is 15.2 Å². The molecule has 9 heteroatoms. The van der Waals surface area contributed by atoms with Crippen LogP contribution in [0.1, 0.15) is 5.01 Å². The molecule has 0 aliphatic rings. The van der Waals surface area contributed by atoms with Crippen LogP contribution < -0.4 is 16.9 Å². The van der Waals surface area contributed by atoms with Crippen molar-refractivity contribution in [3.63, 3.8) is 0 Å². The molecule has 2 heterocycles. The zero-order valence-electron chi connectivity index (χ0n) is 12.6. The van der Waals surface area contributed by atoms with Gasteiger partial charge in [-0.3, -0.25) is 19.8 Å². The van der Waals surface area contributed by atoms with Crippen molar-refractivity contribution in [3.8, 4) is 11.8 Å². The number of nitrogens with two attached hydrogens (primary N) is 1. The van der Waals surface area contributed by atoms with E-state index in [0.29, 0.717) is 16.1 Å². The molecule has 0 amide bonds. The summed E-state index contributed by atoms with van der Waals surface area (Å²) in [5.74, 6) is 0.204. The van der Waals surface area contributed by atoms with E-state index in [4.69, 9.17) is 16.1 Å². The van der Waals surface area contributed by atoms with Gasteiger partial charge in [-0.25, -0.2) is 4.98 Å². The minimum absolute atomic E-state index is 0.204. The molecule has 4 rings (SSSR count). The number of thiazole rings is 1. The lowest BCUT2D eigenvalue weighted by molar-refractivity contribution is 0.476. The van der Waals surface area contributed by atoms with E-state index >= 15 is 0 Å². The third-order valence-electron chi connectivity index (χ3n) is 3.33. The summed E-state index contributed by atoms with van der Waals surface area (Å²) in [4.78, 5) is 26.5. The van der Waals surface area contributed by atoms with Crippen LogP contribution in [0.5, 0.6) is 5.75 Å². The molecule has 5 N–H and O–H groups in total.